The largest absolute Gasteiger partial charge is 0.388 e. The molecule has 21 heavy (non-hydrogen) atoms. The molecule has 0 bridgehead atoms. The van der Waals surface area contributed by atoms with Crippen LogP contribution in [0.2, 0.25) is 0 Å². The molecule has 0 aromatic heterocycles. The van der Waals surface area contributed by atoms with Gasteiger partial charge in [-0.3, -0.25) is 0 Å². The molecule has 0 saturated heterocycles. The minimum absolute atomic E-state index is 0.169. The summed E-state index contributed by atoms with van der Waals surface area (Å²) >= 11 is 0. The van der Waals surface area contributed by atoms with Gasteiger partial charge in [0, 0.05) is 6.26 Å². The lowest BCUT2D eigenvalue weighted by molar-refractivity contribution is 0.151. The maximum absolute atomic E-state index is 11.6. The van der Waals surface area contributed by atoms with E-state index in [-0.39, 0.29) is 10.8 Å². The maximum Gasteiger partial charge on any atom is 0.175 e. The van der Waals surface area contributed by atoms with Crippen molar-refractivity contribution in [1.29, 1.82) is 0 Å². The van der Waals surface area contributed by atoms with Crippen LogP contribution in [0.15, 0.2) is 59.5 Å². The van der Waals surface area contributed by atoms with Crippen molar-refractivity contribution >= 4 is 9.84 Å². The second-order valence-electron chi connectivity index (χ2n) is 5.71. The van der Waals surface area contributed by atoms with Crippen molar-refractivity contribution in [1.82, 2.24) is 0 Å². The van der Waals surface area contributed by atoms with Gasteiger partial charge in [-0.25, -0.2) is 8.42 Å². The van der Waals surface area contributed by atoms with Gasteiger partial charge in [0.15, 0.2) is 9.84 Å². The average molecular weight is 302 g/mol. The Bertz CT molecular complexity index is 738. The molecule has 3 unspecified atom stereocenters. The molecule has 1 aliphatic carbocycles. The van der Waals surface area contributed by atoms with E-state index in [1.165, 1.54) is 11.8 Å². The van der Waals surface area contributed by atoms with Gasteiger partial charge in [-0.1, -0.05) is 42.5 Å². The summed E-state index contributed by atoms with van der Waals surface area (Å²) in [5, 5.41) is 10.5. The summed E-state index contributed by atoms with van der Waals surface area (Å²) in [6, 6.07) is 16.8. The Kier molecular flexibility index (Phi) is 3.59. The van der Waals surface area contributed by atoms with Gasteiger partial charge >= 0.3 is 0 Å². The van der Waals surface area contributed by atoms with Crippen LogP contribution in [0.25, 0.3) is 0 Å². The average Bonchev–Trinajstić information content (AvgIpc) is 3.27. The first-order chi connectivity index (χ1) is 9.97. The Morgan fingerprint density at radius 2 is 1.81 bits per heavy atom. The van der Waals surface area contributed by atoms with Gasteiger partial charge in [0.25, 0.3) is 0 Å². The zero-order valence-corrected chi connectivity index (χ0v) is 12.6. The Morgan fingerprint density at radius 1 is 1.10 bits per heavy atom. The lowest BCUT2D eigenvalue weighted by Crippen LogP contribution is -2.04. The minimum atomic E-state index is -3.24. The van der Waals surface area contributed by atoms with E-state index in [2.05, 4.69) is 12.1 Å². The highest BCUT2D eigenvalue weighted by molar-refractivity contribution is 7.90. The van der Waals surface area contributed by atoms with Gasteiger partial charge in [-0.15, -0.1) is 0 Å². The Labute approximate surface area is 125 Å². The van der Waals surface area contributed by atoms with Crippen LogP contribution >= 0.6 is 0 Å². The van der Waals surface area contributed by atoms with E-state index in [9.17, 15) is 13.5 Å². The predicted molar refractivity (Wildman–Crippen MR) is 81.8 cm³/mol. The van der Waals surface area contributed by atoms with Gasteiger partial charge in [-0.2, -0.15) is 0 Å². The van der Waals surface area contributed by atoms with Crippen LogP contribution in [0.5, 0.6) is 0 Å². The molecule has 0 heterocycles. The van der Waals surface area contributed by atoms with Crippen LogP contribution in [-0.2, 0) is 9.84 Å². The van der Waals surface area contributed by atoms with Crippen LogP contribution in [0.4, 0.5) is 0 Å². The van der Waals surface area contributed by atoms with Crippen LogP contribution in [0.1, 0.15) is 29.6 Å². The predicted octanol–water partition coefficient (Wildman–Crippen LogP) is 2.93. The van der Waals surface area contributed by atoms with Crippen LogP contribution in [-0.4, -0.2) is 19.8 Å². The van der Waals surface area contributed by atoms with Gasteiger partial charge in [0.2, 0.25) is 0 Å². The molecule has 0 radical (unpaired) electrons. The summed E-state index contributed by atoms with van der Waals surface area (Å²) < 4.78 is 23.2. The zero-order chi connectivity index (χ0) is 15.0. The van der Waals surface area contributed by atoms with Crippen molar-refractivity contribution < 1.29 is 13.5 Å². The molecule has 110 valence electrons. The van der Waals surface area contributed by atoms with Crippen molar-refractivity contribution in [3.05, 3.63) is 65.7 Å². The molecule has 3 nitrogen and oxygen atoms in total. The standard InChI is InChI=1S/C17H18O3S/c1-21(19,20)14-9-5-8-13(10-14)17(18)16-11-15(16)12-6-3-2-4-7-12/h2-10,15-18H,11H2,1H3. The molecule has 3 atom stereocenters. The second-order valence-corrected chi connectivity index (χ2v) is 7.72. The van der Waals surface area contributed by atoms with Crippen molar-refractivity contribution in [3.8, 4) is 0 Å². The first-order valence-corrected chi connectivity index (χ1v) is 8.89. The zero-order valence-electron chi connectivity index (χ0n) is 11.8. The third kappa shape index (κ3) is 3.01. The SMILES string of the molecule is CS(=O)(=O)c1cccc(C(O)C2CC2c2ccccc2)c1. The normalized spacial score (nSPS) is 22.8. The number of sulfone groups is 1. The highest BCUT2D eigenvalue weighted by Gasteiger charge is 2.43. The summed E-state index contributed by atoms with van der Waals surface area (Å²) in [6.07, 6.45) is 1.51. The third-order valence-corrected chi connectivity index (χ3v) is 5.21. The van der Waals surface area contributed by atoms with Gasteiger partial charge in [-0.05, 0) is 41.5 Å². The van der Waals surface area contributed by atoms with Gasteiger partial charge in [0.05, 0.1) is 11.0 Å². The smallest absolute Gasteiger partial charge is 0.175 e. The minimum Gasteiger partial charge on any atom is -0.388 e. The quantitative estimate of drug-likeness (QED) is 0.944. The molecule has 4 heteroatoms. The van der Waals surface area contributed by atoms with Crippen LogP contribution in [0, 0.1) is 5.92 Å². The van der Waals surface area contributed by atoms with E-state index in [0.29, 0.717) is 11.5 Å². The molecule has 1 aliphatic rings. The molecule has 2 aromatic rings. The molecule has 2 aromatic carbocycles. The van der Waals surface area contributed by atoms with Crippen molar-refractivity contribution in [3.63, 3.8) is 0 Å². The first kappa shape index (κ1) is 14.3. The number of aliphatic hydroxyl groups is 1. The maximum atomic E-state index is 11.6. The monoisotopic (exact) mass is 302 g/mol. The van der Waals surface area contributed by atoms with E-state index in [1.54, 1.807) is 24.3 Å². The van der Waals surface area contributed by atoms with Crippen molar-refractivity contribution in [2.24, 2.45) is 5.92 Å². The molecule has 0 spiro atoms. The highest BCUT2D eigenvalue weighted by Crippen LogP contribution is 2.54. The van der Waals surface area contributed by atoms with Crippen LogP contribution in [0.3, 0.4) is 0 Å². The topological polar surface area (TPSA) is 54.4 Å². The van der Waals surface area contributed by atoms with Gasteiger partial charge in [0.1, 0.15) is 0 Å². The molecule has 1 N–H and O–H groups in total. The number of benzene rings is 2. The molecule has 0 aliphatic heterocycles. The molecule has 0 amide bonds. The molecule has 3 rings (SSSR count). The first-order valence-electron chi connectivity index (χ1n) is 7.00. The number of aliphatic hydroxyl groups excluding tert-OH is 1. The Hall–Kier alpha value is -1.65. The summed E-state index contributed by atoms with van der Waals surface area (Å²) in [5.41, 5.74) is 1.92. The molecule has 1 saturated carbocycles. The summed E-state index contributed by atoms with van der Waals surface area (Å²) in [4.78, 5) is 0.260. The van der Waals surface area contributed by atoms with E-state index in [4.69, 9.17) is 0 Å². The van der Waals surface area contributed by atoms with Crippen LogP contribution < -0.4 is 0 Å². The molecular formula is C17H18O3S. The van der Waals surface area contributed by atoms with E-state index < -0.39 is 15.9 Å². The fraction of sp³-hybridized carbons (Fsp3) is 0.294. The van der Waals surface area contributed by atoms with Crippen molar-refractivity contribution in [2.75, 3.05) is 6.26 Å². The lowest BCUT2D eigenvalue weighted by atomic mass is 10.0. The Morgan fingerprint density at radius 3 is 2.48 bits per heavy atom. The number of rotatable bonds is 4. The van der Waals surface area contributed by atoms with E-state index in [0.717, 1.165) is 6.42 Å². The Balaban J connectivity index is 1.80. The fourth-order valence-electron chi connectivity index (χ4n) is 2.82. The van der Waals surface area contributed by atoms with Gasteiger partial charge < -0.3 is 5.11 Å². The number of hydrogen-bond donors (Lipinski definition) is 1. The second kappa shape index (κ2) is 5.28. The fourth-order valence-corrected chi connectivity index (χ4v) is 3.50. The number of hydrogen-bond acceptors (Lipinski definition) is 3. The summed E-state index contributed by atoms with van der Waals surface area (Å²) in [5.74, 6) is 0.533. The third-order valence-electron chi connectivity index (χ3n) is 4.10. The lowest BCUT2D eigenvalue weighted by Gasteiger charge is -2.12. The summed E-state index contributed by atoms with van der Waals surface area (Å²) in [7, 11) is -3.24. The van der Waals surface area contributed by atoms with Crippen molar-refractivity contribution in [2.45, 2.75) is 23.3 Å². The molecule has 1 fully saturated rings. The highest BCUT2D eigenvalue weighted by atomic mass is 32.2. The summed E-state index contributed by atoms with van der Waals surface area (Å²) in [6.45, 7) is 0. The van der Waals surface area contributed by atoms with E-state index >= 15 is 0 Å². The molecular weight excluding hydrogens is 284 g/mol. The van der Waals surface area contributed by atoms with E-state index in [1.807, 2.05) is 18.2 Å².